The maximum atomic E-state index is 3.84. The third kappa shape index (κ3) is 3.62. The van der Waals surface area contributed by atoms with Gasteiger partial charge >= 0.3 is 0 Å². The molecule has 1 rings (SSSR count). The molecule has 1 aromatic rings. The van der Waals surface area contributed by atoms with E-state index in [4.69, 9.17) is 0 Å². The van der Waals surface area contributed by atoms with E-state index in [1.54, 1.807) is 0 Å². The van der Waals surface area contributed by atoms with Crippen LogP contribution >= 0.6 is 15.9 Å². The van der Waals surface area contributed by atoms with Gasteiger partial charge in [0.25, 0.3) is 0 Å². The molecule has 0 radical (unpaired) electrons. The lowest BCUT2D eigenvalue weighted by atomic mass is 9.94. The summed E-state index contributed by atoms with van der Waals surface area (Å²) >= 11 is 3.84. The van der Waals surface area contributed by atoms with E-state index in [-0.39, 0.29) is 0 Å². The minimum absolute atomic E-state index is 0.508. The zero-order valence-electron chi connectivity index (χ0n) is 10.9. The van der Waals surface area contributed by atoms with Gasteiger partial charge in [0.2, 0.25) is 0 Å². The monoisotopic (exact) mass is 282 g/mol. The highest BCUT2D eigenvalue weighted by atomic mass is 79.9. The minimum atomic E-state index is 0.508. The van der Waals surface area contributed by atoms with Crippen molar-refractivity contribution in [1.82, 2.24) is 0 Å². The zero-order chi connectivity index (χ0) is 12.1. The maximum absolute atomic E-state index is 3.84. The molecule has 0 spiro atoms. The van der Waals surface area contributed by atoms with Gasteiger partial charge in [0.1, 0.15) is 0 Å². The normalized spacial score (nSPS) is 13.1. The predicted molar refractivity (Wildman–Crippen MR) is 76.3 cm³/mol. The van der Waals surface area contributed by atoms with Crippen molar-refractivity contribution in [2.24, 2.45) is 5.92 Å². The second-order valence-electron chi connectivity index (χ2n) is 4.84. The molecule has 0 amide bonds. The highest BCUT2D eigenvalue weighted by Gasteiger charge is 2.13. The molecule has 0 saturated carbocycles. The standard InChI is InChI=1S/C15H23Br/c1-5-12-7-8-13(6-2)14(10-12)15(16)9-11(3)4/h7-8,10-11,15H,5-6,9H2,1-4H3. The Morgan fingerprint density at radius 3 is 2.31 bits per heavy atom. The first kappa shape index (κ1) is 13.8. The second kappa shape index (κ2) is 6.44. The third-order valence-corrected chi connectivity index (χ3v) is 3.88. The Hall–Kier alpha value is -0.300. The average Bonchev–Trinajstić information content (AvgIpc) is 2.27. The van der Waals surface area contributed by atoms with Crippen LogP contribution in [0.2, 0.25) is 0 Å². The van der Waals surface area contributed by atoms with E-state index in [1.165, 1.54) is 23.1 Å². The fraction of sp³-hybridized carbons (Fsp3) is 0.600. The van der Waals surface area contributed by atoms with Crippen molar-refractivity contribution in [1.29, 1.82) is 0 Å². The summed E-state index contributed by atoms with van der Waals surface area (Å²) in [5.41, 5.74) is 4.43. The van der Waals surface area contributed by atoms with Crippen LogP contribution in [0.25, 0.3) is 0 Å². The quantitative estimate of drug-likeness (QED) is 0.644. The molecule has 90 valence electrons. The van der Waals surface area contributed by atoms with Crippen molar-refractivity contribution >= 4 is 15.9 Å². The molecule has 0 heterocycles. The van der Waals surface area contributed by atoms with Gasteiger partial charge in [-0.25, -0.2) is 0 Å². The first-order valence-electron chi connectivity index (χ1n) is 6.34. The summed E-state index contributed by atoms with van der Waals surface area (Å²) in [4.78, 5) is 0.508. The van der Waals surface area contributed by atoms with Gasteiger partial charge < -0.3 is 0 Å². The van der Waals surface area contributed by atoms with Crippen LogP contribution in [-0.4, -0.2) is 0 Å². The fourth-order valence-corrected chi connectivity index (χ4v) is 3.19. The van der Waals surface area contributed by atoms with E-state index in [2.05, 4.69) is 61.8 Å². The maximum Gasteiger partial charge on any atom is 0.0400 e. The van der Waals surface area contributed by atoms with Crippen molar-refractivity contribution in [3.8, 4) is 0 Å². The van der Waals surface area contributed by atoms with Gasteiger partial charge in [-0.3, -0.25) is 0 Å². The second-order valence-corrected chi connectivity index (χ2v) is 5.94. The van der Waals surface area contributed by atoms with Crippen molar-refractivity contribution in [2.45, 2.75) is 51.8 Å². The van der Waals surface area contributed by atoms with Crippen LogP contribution in [0.3, 0.4) is 0 Å². The lowest BCUT2D eigenvalue weighted by Crippen LogP contribution is -2.01. The van der Waals surface area contributed by atoms with Crippen LogP contribution in [0, 0.1) is 5.92 Å². The van der Waals surface area contributed by atoms with Crippen LogP contribution < -0.4 is 0 Å². The van der Waals surface area contributed by atoms with Gasteiger partial charge in [-0.2, -0.15) is 0 Å². The van der Waals surface area contributed by atoms with E-state index < -0.39 is 0 Å². The van der Waals surface area contributed by atoms with Gasteiger partial charge in [-0.1, -0.05) is 61.8 Å². The molecule has 0 N–H and O–H groups in total. The van der Waals surface area contributed by atoms with Crippen molar-refractivity contribution < 1.29 is 0 Å². The molecule has 0 aliphatic heterocycles. The van der Waals surface area contributed by atoms with E-state index in [1.807, 2.05) is 0 Å². The van der Waals surface area contributed by atoms with E-state index >= 15 is 0 Å². The molecule has 0 fully saturated rings. The van der Waals surface area contributed by atoms with Gasteiger partial charge in [0.05, 0.1) is 0 Å². The molecule has 1 aromatic carbocycles. The molecular formula is C15H23Br. The molecule has 0 aliphatic carbocycles. The molecule has 0 bridgehead atoms. The largest absolute Gasteiger partial charge is 0.0839 e. The van der Waals surface area contributed by atoms with Crippen LogP contribution in [0.1, 0.15) is 55.6 Å². The van der Waals surface area contributed by atoms with Crippen molar-refractivity contribution in [3.63, 3.8) is 0 Å². The lowest BCUT2D eigenvalue weighted by molar-refractivity contribution is 0.582. The summed E-state index contributed by atoms with van der Waals surface area (Å²) in [5, 5.41) is 0. The number of aryl methyl sites for hydroxylation is 2. The molecular weight excluding hydrogens is 260 g/mol. The summed E-state index contributed by atoms with van der Waals surface area (Å²) in [6.45, 7) is 9.02. The Kier molecular flexibility index (Phi) is 5.54. The first-order valence-corrected chi connectivity index (χ1v) is 7.25. The fourth-order valence-electron chi connectivity index (χ4n) is 2.02. The Bertz CT molecular complexity index is 328. The summed E-state index contributed by atoms with van der Waals surface area (Å²) in [5.74, 6) is 0.736. The molecule has 0 aromatic heterocycles. The number of benzene rings is 1. The first-order chi connectivity index (χ1) is 7.58. The van der Waals surface area contributed by atoms with Crippen LogP contribution in [0.5, 0.6) is 0 Å². The topological polar surface area (TPSA) is 0 Å². The predicted octanol–water partition coefficient (Wildman–Crippen LogP) is 5.29. The zero-order valence-corrected chi connectivity index (χ0v) is 12.5. The van der Waals surface area contributed by atoms with Gasteiger partial charge in [-0.05, 0) is 41.9 Å². The van der Waals surface area contributed by atoms with Gasteiger partial charge in [0.15, 0.2) is 0 Å². The smallest absolute Gasteiger partial charge is 0.0400 e. The summed E-state index contributed by atoms with van der Waals surface area (Å²) < 4.78 is 0. The number of hydrogen-bond donors (Lipinski definition) is 0. The highest BCUT2D eigenvalue weighted by Crippen LogP contribution is 2.33. The summed E-state index contributed by atoms with van der Waals surface area (Å²) in [6, 6.07) is 6.93. The lowest BCUT2D eigenvalue weighted by Gasteiger charge is -2.17. The van der Waals surface area contributed by atoms with Crippen molar-refractivity contribution in [3.05, 3.63) is 34.9 Å². The molecule has 1 unspecified atom stereocenters. The average molecular weight is 283 g/mol. The van der Waals surface area contributed by atoms with Gasteiger partial charge in [0, 0.05) is 4.83 Å². The van der Waals surface area contributed by atoms with Gasteiger partial charge in [-0.15, -0.1) is 0 Å². The number of hydrogen-bond acceptors (Lipinski definition) is 0. The van der Waals surface area contributed by atoms with Crippen LogP contribution in [-0.2, 0) is 12.8 Å². The van der Waals surface area contributed by atoms with E-state index in [0.29, 0.717) is 4.83 Å². The third-order valence-electron chi connectivity index (χ3n) is 3.02. The molecule has 0 nitrogen and oxygen atoms in total. The molecule has 1 heteroatoms. The summed E-state index contributed by atoms with van der Waals surface area (Å²) in [6.07, 6.45) is 3.46. The molecule has 16 heavy (non-hydrogen) atoms. The van der Waals surface area contributed by atoms with E-state index in [0.717, 1.165) is 18.8 Å². The Labute approximate surface area is 109 Å². The van der Waals surface area contributed by atoms with E-state index in [9.17, 15) is 0 Å². The van der Waals surface area contributed by atoms with Crippen LogP contribution in [0.4, 0.5) is 0 Å². The van der Waals surface area contributed by atoms with Crippen molar-refractivity contribution in [2.75, 3.05) is 0 Å². The Morgan fingerprint density at radius 2 is 1.81 bits per heavy atom. The summed E-state index contributed by atoms with van der Waals surface area (Å²) in [7, 11) is 0. The Morgan fingerprint density at radius 1 is 1.12 bits per heavy atom. The minimum Gasteiger partial charge on any atom is -0.0839 e. The van der Waals surface area contributed by atoms with Crippen LogP contribution in [0.15, 0.2) is 18.2 Å². The molecule has 0 aliphatic rings. The highest BCUT2D eigenvalue weighted by molar-refractivity contribution is 9.09. The number of halogens is 1. The number of rotatable bonds is 5. The SMILES string of the molecule is CCc1ccc(CC)c(C(Br)CC(C)C)c1. The molecule has 0 saturated heterocycles. The molecule has 1 atom stereocenters. The Balaban J connectivity index is 2.98. The number of alkyl halides is 1.